The fourth-order valence-corrected chi connectivity index (χ4v) is 3.97. The van der Waals surface area contributed by atoms with E-state index in [2.05, 4.69) is 10.1 Å². The Morgan fingerprint density at radius 1 is 1.04 bits per heavy atom. The van der Waals surface area contributed by atoms with Gasteiger partial charge in [-0.3, -0.25) is 14.4 Å². The summed E-state index contributed by atoms with van der Waals surface area (Å²) in [6.07, 6.45) is -1.11. The largest absolute Gasteiger partial charge is 0.458 e. The maximum absolute atomic E-state index is 11.6. The van der Waals surface area contributed by atoms with Crippen LogP contribution in [0.5, 0.6) is 6.01 Å². The van der Waals surface area contributed by atoms with E-state index in [9.17, 15) is 14.4 Å². The number of esters is 3. The predicted molar refractivity (Wildman–Crippen MR) is 96.5 cm³/mol. The van der Waals surface area contributed by atoms with Gasteiger partial charge in [-0.2, -0.15) is 4.98 Å². The second-order valence-corrected chi connectivity index (χ2v) is 7.14. The number of carbonyl (C=O) groups is 3. The van der Waals surface area contributed by atoms with Crippen LogP contribution in [0.15, 0.2) is 24.4 Å². The summed E-state index contributed by atoms with van der Waals surface area (Å²) < 4.78 is 23.3. The highest BCUT2D eigenvalue weighted by molar-refractivity contribution is 7.99. The van der Waals surface area contributed by atoms with Gasteiger partial charge in [0.15, 0.2) is 29.4 Å². The molecule has 0 bridgehead atoms. The zero-order chi connectivity index (χ0) is 20.3. The lowest BCUT2D eigenvalue weighted by Gasteiger charge is -2.39. The quantitative estimate of drug-likeness (QED) is 0.522. The van der Waals surface area contributed by atoms with E-state index in [1.807, 2.05) is 6.07 Å². The first kappa shape index (κ1) is 19.9. The van der Waals surface area contributed by atoms with Crippen LogP contribution in [0, 0.1) is 0 Å². The van der Waals surface area contributed by atoms with Crippen molar-refractivity contribution in [1.29, 1.82) is 0 Å². The fourth-order valence-electron chi connectivity index (χ4n) is 2.77. The monoisotopic (exact) mass is 409 g/mol. The molecule has 0 unspecified atom stereocenters. The summed E-state index contributed by atoms with van der Waals surface area (Å²) in [5.41, 5.74) is -0.186. The van der Waals surface area contributed by atoms with E-state index in [1.165, 1.54) is 37.0 Å². The molecule has 4 atom stereocenters. The molecule has 2 aromatic heterocycles. The van der Waals surface area contributed by atoms with Gasteiger partial charge in [0.2, 0.25) is 0 Å². The Morgan fingerprint density at radius 3 is 2.36 bits per heavy atom. The number of rotatable bonds is 5. The molecule has 10 nitrogen and oxygen atoms in total. The number of fused-ring (bicyclic) bond motifs is 1. The highest BCUT2D eigenvalue weighted by Gasteiger charge is 2.48. The third-order valence-corrected chi connectivity index (χ3v) is 4.96. The summed E-state index contributed by atoms with van der Waals surface area (Å²) in [7, 11) is 0. The van der Waals surface area contributed by atoms with Crippen LogP contribution in [0.4, 0.5) is 0 Å². The summed E-state index contributed by atoms with van der Waals surface area (Å²) >= 11 is 1.24. The number of pyridine rings is 1. The van der Waals surface area contributed by atoms with Gasteiger partial charge in [0, 0.05) is 32.7 Å². The molecule has 0 spiro atoms. The van der Waals surface area contributed by atoms with Gasteiger partial charge in [0.25, 0.3) is 0 Å². The van der Waals surface area contributed by atoms with E-state index in [0.717, 1.165) is 0 Å². The molecule has 1 fully saturated rings. The molecular weight excluding hydrogens is 390 g/mol. The smallest absolute Gasteiger partial charge is 0.337 e. The van der Waals surface area contributed by atoms with Crippen LogP contribution in [-0.2, 0) is 28.6 Å². The number of thioether (sulfide) groups is 1. The molecule has 2 aromatic rings. The lowest BCUT2D eigenvalue weighted by molar-refractivity contribution is -0.186. The first-order chi connectivity index (χ1) is 13.3. The first-order valence-corrected chi connectivity index (χ1v) is 9.49. The zero-order valence-electron chi connectivity index (χ0n) is 15.4. The minimum absolute atomic E-state index is 0.0772. The van der Waals surface area contributed by atoms with Gasteiger partial charge in [-0.05, 0) is 12.1 Å². The molecule has 0 N–H and O–H groups in total. The van der Waals surface area contributed by atoms with Gasteiger partial charge in [0.05, 0.1) is 0 Å². The Kier molecular flexibility index (Phi) is 6.02. The van der Waals surface area contributed by atoms with Crippen molar-refractivity contribution in [2.24, 2.45) is 0 Å². The van der Waals surface area contributed by atoms with Crippen LogP contribution >= 0.6 is 11.8 Å². The van der Waals surface area contributed by atoms with Crippen molar-refractivity contribution in [1.82, 2.24) is 14.6 Å². The zero-order valence-corrected chi connectivity index (χ0v) is 16.3. The van der Waals surface area contributed by atoms with Crippen molar-refractivity contribution in [3.8, 4) is 6.01 Å². The second kappa shape index (κ2) is 8.46. The molecule has 3 rings (SSSR count). The van der Waals surface area contributed by atoms with Gasteiger partial charge in [-0.1, -0.05) is 6.07 Å². The van der Waals surface area contributed by atoms with Crippen molar-refractivity contribution in [2.75, 3.05) is 5.75 Å². The molecule has 28 heavy (non-hydrogen) atoms. The maximum atomic E-state index is 11.6. The molecule has 0 aliphatic carbocycles. The molecule has 1 aliphatic heterocycles. The van der Waals surface area contributed by atoms with Crippen molar-refractivity contribution in [3.63, 3.8) is 0 Å². The van der Waals surface area contributed by atoms with Crippen molar-refractivity contribution < 1.29 is 33.3 Å². The van der Waals surface area contributed by atoms with E-state index >= 15 is 0 Å². The Labute approximate surface area is 164 Å². The molecule has 11 heteroatoms. The highest BCUT2D eigenvalue weighted by Crippen LogP contribution is 2.33. The van der Waals surface area contributed by atoms with Crippen molar-refractivity contribution in [2.45, 2.75) is 44.5 Å². The third kappa shape index (κ3) is 4.71. The molecule has 0 radical (unpaired) electrons. The molecule has 150 valence electrons. The Hall–Kier alpha value is -2.82. The SMILES string of the molecule is CC(=O)O[C@@H]1[C@@H](OC(C)=O)[C@H](OC(C)=O)CS[C@H]1Oc1nc2ccccn2n1. The number of nitrogens with zero attached hydrogens (tertiary/aromatic N) is 3. The van der Waals surface area contributed by atoms with E-state index < -0.39 is 41.7 Å². The van der Waals surface area contributed by atoms with Crippen LogP contribution in [-0.4, -0.2) is 62.0 Å². The van der Waals surface area contributed by atoms with Gasteiger partial charge in [-0.15, -0.1) is 16.9 Å². The topological polar surface area (TPSA) is 118 Å². The fraction of sp³-hybridized carbons (Fsp3) is 0.471. The van der Waals surface area contributed by atoms with E-state index in [0.29, 0.717) is 5.65 Å². The number of ether oxygens (including phenoxy) is 4. The number of aromatic nitrogens is 3. The average molecular weight is 409 g/mol. The number of hydrogen-bond acceptors (Lipinski definition) is 10. The minimum Gasteiger partial charge on any atom is -0.458 e. The molecule has 1 saturated heterocycles. The van der Waals surface area contributed by atoms with Gasteiger partial charge in [-0.25, -0.2) is 4.52 Å². The summed E-state index contributed by atoms with van der Waals surface area (Å²) in [4.78, 5) is 38.9. The van der Waals surface area contributed by atoms with Crippen molar-refractivity contribution in [3.05, 3.63) is 24.4 Å². The average Bonchev–Trinajstić information content (AvgIpc) is 3.01. The second-order valence-electron chi connectivity index (χ2n) is 6.01. The number of hydrogen-bond donors (Lipinski definition) is 0. The summed E-state index contributed by atoms with van der Waals surface area (Å²) in [5.74, 6) is -1.46. The molecule has 0 saturated carbocycles. The van der Waals surface area contributed by atoms with Crippen LogP contribution in [0.25, 0.3) is 5.65 Å². The van der Waals surface area contributed by atoms with E-state index in [-0.39, 0.29) is 11.8 Å². The van der Waals surface area contributed by atoms with Crippen LogP contribution in [0.3, 0.4) is 0 Å². The van der Waals surface area contributed by atoms with Crippen LogP contribution < -0.4 is 4.74 Å². The van der Waals surface area contributed by atoms with E-state index in [1.54, 1.807) is 18.3 Å². The molecule has 0 aromatic carbocycles. The minimum atomic E-state index is -1.02. The summed E-state index contributed by atoms with van der Waals surface area (Å²) in [6, 6.07) is 5.44. The lowest BCUT2D eigenvalue weighted by Crippen LogP contribution is -2.55. The van der Waals surface area contributed by atoms with Gasteiger partial charge in [0.1, 0.15) is 0 Å². The number of carbonyl (C=O) groups excluding carboxylic acids is 3. The predicted octanol–water partition coefficient (Wildman–Crippen LogP) is 0.976. The summed E-state index contributed by atoms with van der Waals surface area (Å²) in [6.45, 7) is 3.70. The van der Waals surface area contributed by atoms with Crippen molar-refractivity contribution >= 4 is 35.3 Å². The Bertz CT molecular complexity index is 854. The Balaban J connectivity index is 1.86. The molecule has 1 aliphatic rings. The molecular formula is C17H19N3O7S. The summed E-state index contributed by atoms with van der Waals surface area (Å²) in [5, 5.41) is 4.21. The normalized spacial score (nSPS) is 24.4. The standard InChI is InChI=1S/C17H19N3O7S/c1-9(21)24-12-8-28-16(15(26-11(3)23)14(12)25-10(2)22)27-17-18-13-6-4-5-7-20(13)19-17/h4-7,12,14-16H,8H2,1-3H3/t12-,14+,15-,16-/m1/s1. The lowest BCUT2D eigenvalue weighted by atomic mass is 10.1. The Morgan fingerprint density at radius 2 is 1.71 bits per heavy atom. The maximum Gasteiger partial charge on any atom is 0.337 e. The first-order valence-electron chi connectivity index (χ1n) is 8.45. The van der Waals surface area contributed by atoms with Crippen LogP contribution in [0.2, 0.25) is 0 Å². The third-order valence-electron chi connectivity index (χ3n) is 3.75. The van der Waals surface area contributed by atoms with E-state index in [4.69, 9.17) is 18.9 Å². The molecule has 3 heterocycles. The molecule has 0 amide bonds. The van der Waals surface area contributed by atoms with Crippen LogP contribution in [0.1, 0.15) is 20.8 Å². The van der Waals surface area contributed by atoms with Gasteiger partial charge < -0.3 is 18.9 Å². The van der Waals surface area contributed by atoms with Gasteiger partial charge >= 0.3 is 23.9 Å². The highest BCUT2D eigenvalue weighted by atomic mass is 32.2.